The summed E-state index contributed by atoms with van der Waals surface area (Å²) in [5.41, 5.74) is -0.725. The molecule has 1 aromatic carbocycles. The van der Waals surface area contributed by atoms with Crippen molar-refractivity contribution in [3.05, 3.63) is 38.1 Å². The summed E-state index contributed by atoms with van der Waals surface area (Å²) in [5.74, 6) is -3.35. The number of amides is 1. The van der Waals surface area contributed by atoms with Gasteiger partial charge in [-0.15, -0.1) is 0 Å². The lowest BCUT2D eigenvalue weighted by molar-refractivity contribution is -0.385. The normalized spacial score (nSPS) is 15.1. The van der Waals surface area contributed by atoms with Crippen LogP contribution in [0.25, 0.3) is 0 Å². The highest BCUT2D eigenvalue weighted by atomic mass is 79.9. The Morgan fingerprint density at radius 1 is 1.52 bits per heavy atom. The molecule has 124 valence electrons. The molecule has 0 aliphatic heterocycles. The molecule has 1 aliphatic carbocycles. The number of carbonyl (C=O) groups is 2. The first-order valence-electron chi connectivity index (χ1n) is 6.89. The Balaban J connectivity index is 2.37. The summed E-state index contributed by atoms with van der Waals surface area (Å²) in [4.78, 5) is 35.2. The number of nitro benzene ring substituents is 1. The molecule has 1 N–H and O–H groups in total. The first kappa shape index (κ1) is 17.3. The Labute approximate surface area is 139 Å². The molecular weight excluding hydrogens is 375 g/mol. The van der Waals surface area contributed by atoms with Crippen LogP contribution < -0.4 is 0 Å². The third kappa shape index (κ3) is 3.84. The first-order valence-corrected chi connectivity index (χ1v) is 7.69. The highest BCUT2D eigenvalue weighted by Gasteiger charge is 2.36. The van der Waals surface area contributed by atoms with E-state index in [1.807, 2.05) is 0 Å². The number of nitro groups is 1. The van der Waals surface area contributed by atoms with Crippen LogP contribution in [0.3, 0.4) is 0 Å². The number of nitrogens with zero attached hydrogens (tertiary/aromatic N) is 2. The quantitative estimate of drug-likeness (QED) is 0.596. The van der Waals surface area contributed by atoms with E-state index < -0.39 is 34.2 Å². The second kappa shape index (κ2) is 6.61. The molecule has 0 saturated heterocycles. The summed E-state index contributed by atoms with van der Waals surface area (Å²) < 4.78 is 13.5. The van der Waals surface area contributed by atoms with E-state index in [2.05, 4.69) is 15.9 Å². The Kier molecular flexibility index (Phi) is 4.98. The number of benzene rings is 1. The van der Waals surface area contributed by atoms with Crippen molar-refractivity contribution >= 4 is 33.5 Å². The lowest BCUT2D eigenvalue weighted by Crippen LogP contribution is -2.38. The van der Waals surface area contributed by atoms with E-state index in [4.69, 9.17) is 5.11 Å². The SMILES string of the molecule is CC(CN(C(=O)c1cc(F)cc([N+](=O)[O-])c1Br)C1CC1)C(=O)O. The number of rotatable bonds is 6. The molecule has 1 saturated carbocycles. The van der Waals surface area contributed by atoms with Crippen molar-refractivity contribution < 1.29 is 24.0 Å². The molecule has 1 atom stereocenters. The lowest BCUT2D eigenvalue weighted by atomic mass is 10.1. The Morgan fingerprint density at radius 2 is 2.13 bits per heavy atom. The topological polar surface area (TPSA) is 101 Å². The van der Waals surface area contributed by atoms with Gasteiger partial charge in [-0.2, -0.15) is 0 Å². The van der Waals surface area contributed by atoms with Gasteiger partial charge in [-0.3, -0.25) is 19.7 Å². The van der Waals surface area contributed by atoms with Gasteiger partial charge in [0.1, 0.15) is 10.3 Å². The number of carboxylic acid groups (broad SMARTS) is 1. The molecule has 1 aromatic rings. The van der Waals surface area contributed by atoms with E-state index in [1.54, 1.807) is 0 Å². The Bertz CT molecular complexity index is 677. The first-order chi connectivity index (χ1) is 10.7. The molecule has 2 rings (SSSR count). The minimum atomic E-state index is -1.05. The summed E-state index contributed by atoms with van der Waals surface area (Å²) in [6.45, 7) is 1.43. The van der Waals surface area contributed by atoms with Gasteiger partial charge in [0.05, 0.1) is 22.5 Å². The number of hydrogen-bond acceptors (Lipinski definition) is 4. The van der Waals surface area contributed by atoms with Crippen LogP contribution >= 0.6 is 15.9 Å². The molecule has 1 amide bonds. The molecule has 0 bridgehead atoms. The van der Waals surface area contributed by atoms with Crippen molar-refractivity contribution in [1.82, 2.24) is 4.90 Å². The van der Waals surface area contributed by atoms with Crippen molar-refractivity contribution in [2.24, 2.45) is 5.92 Å². The molecule has 0 radical (unpaired) electrons. The standard InChI is InChI=1S/C14H14BrFN2O5/c1-7(14(20)21)6-17(9-2-3-9)13(19)10-4-8(16)5-11(12(10)15)18(22)23/h4-5,7,9H,2-3,6H2,1H3,(H,20,21). The summed E-state index contributed by atoms with van der Waals surface area (Å²) in [5, 5.41) is 19.9. The average molecular weight is 389 g/mol. The van der Waals surface area contributed by atoms with Gasteiger partial charge in [-0.1, -0.05) is 6.92 Å². The maximum atomic E-state index is 13.6. The highest BCUT2D eigenvalue weighted by Crippen LogP contribution is 2.34. The average Bonchev–Trinajstić information content (AvgIpc) is 3.29. The monoisotopic (exact) mass is 388 g/mol. The molecule has 1 aliphatic rings. The maximum Gasteiger partial charge on any atom is 0.308 e. The molecule has 0 heterocycles. The highest BCUT2D eigenvalue weighted by molar-refractivity contribution is 9.10. The van der Waals surface area contributed by atoms with Crippen molar-refractivity contribution in [2.45, 2.75) is 25.8 Å². The van der Waals surface area contributed by atoms with Gasteiger partial charge in [0.2, 0.25) is 0 Å². The fourth-order valence-electron chi connectivity index (χ4n) is 2.18. The Hall–Kier alpha value is -2.03. The number of halogens is 2. The molecular formula is C14H14BrFN2O5. The largest absolute Gasteiger partial charge is 0.481 e. The van der Waals surface area contributed by atoms with Gasteiger partial charge < -0.3 is 10.0 Å². The van der Waals surface area contributed by atoms with Crippen molar-refractivity contribution in [3.63, 3.8) is 0 Å². The molecule has 1 fully saturated rings. The number of carboxylic acids is 1. The van der Waals surface area contributed by atoms with Gasteiger partial charge in [-0.25, -0.2) is 4.39 Å². The third-order valence-electron chi connectivity index (χ3n) is 3.59. The maximum absolute atomic E-state index is 13.6. The minimum absolute atomic E-state index is 0.0322. The van der Waals surface area contributed by atoms with Crippen molar-refractivity contribution in [2.75, 3.05) is 6.54 Å². The van der Waals surface area contributed by atoms with E-state index in [-0.39, 0.29) is 22.6 Å². The van der Waals surface area contributed by atoms with E-state index in [0.29, 0.717) is 0 Å². The predicted molar refractivity (Wildman–Crippen MR) is 81.6 cm³/mol. The predicted octanol–water partition coefficient (Wildman–Crippen LogP) is 2.82. The fraction of sp³-hybridized carbons (Fsp3) is 0.429. The van der Waals surface area contributed by atoms with E-state index in [0.717, 1.165) is 25.0 Å². The summed E-state index contributed by atoms with van der Waals surface area (Å²) >= 11 is 2.98. The van der Waals surface area contributed by atoms with Crippen molar-refractivity contribution in [3.8, 4) is 0 Å². The van der Waals surface area contributed by atoms with Crippen LogP contribution in [0, 0.1) is 21.8 Å². The smallest absolute Gasteiger partial charge is 0.308 e. The van der Waals surface area contributed by atoms with Crippen LogP contribution in [0.2, 0.25) is 0 Å². The molecule has 0 spiro atoms. The zero-order chi connectivity index (χ0) is 17.3. The molecule has 23 heavy (non-hydrogen) atoms. The summed E-state index contributed by atoms with van der Waals surface area (Å²) in [6.07, 6.45) is 1.46. The van der Waals surface area contributed by atoms with Crippen molar-refractivity contribution in [1.29, 1.82) is 0 Å². The summed E-state index contributed by atoms with van der Waals surface area (Å²) in [7, 11) is 0. The van der Waals surface area contributed by atoms with Crippen LogP contribution in [-0.2, 0) is 4.79 Å². The number of aliphatic carboxylic acids is 1. The number of carbonyl (C=O) groups excluding carboxylic acids is 1. The van der Waals surface area contributed by atoms with Crippen LogP contribution in [0.1, 0.15) is 30.1 Å². The lowest BCUT2D eigenvalue weighted by Gasteiger charge is -2.24. The molecule has 0 aromatic heterocycles. The van der Waals surface area contributed by atoms with Crippen LogP contribution in [0.4, 0.5) is 10.1 Å². The molecule has 9 heteroatoms. The van der Waals surface area contributed by atoms with E-state index in [1.165, 1.54) is 11.8 Å². The van der Waals surface area contributed by atoms with Crippen LogP contribution in [0.15, 0.2) is 16.6 Å². The second-order valence-corrected chi connectivity index (χ2v) is 6.26. The van der Waals surface area contributed by atoms with Gasteiger partial charge in [0.15, 0.2) is 0 Å². The fourth-order valence-corrected chi connectivity index (χ4v) is 2.72. The van der Waals surface area contributed by atoms with Gasteiger partial charge in [-0.05, 0) is 34.8 Å². The summed E-state index contributed by atoms with van der Waals surface area (Å²) in [6, 6.07) is 1.53. The van der Waals surface area contributed by atoms with E-state index in [9.17, 15) is 24.1 Å². The molecule has 7 nitrogen and oxygen atoms in total. The second-order valence-electron chi connectivity index (χ2n) is 5.47. The third-order valence-corrected chi connectivity index (χ3v) is 4.42. The van der Waals surface area contributed by atoms with Gasteiger partial charge >= 0.3 is 5.97 Å². The van der Waals surface area contributed by atoms with Crippen LogP contribution in [-0.4, -0.2) is 39.4 Å². The molecule has 1 unspecified atom stereocenters. The zero-order valence-electron chi connectivity index (χ0n) is 12.2. The van der Waals surface area contributed by atoms with E-state index >= 15 is 0 Å². The van der Waals surface area contributed by atoms with Gasteiger partial charge in [0.25, 0.3) is 11.6 Å². The number of hydrogen-bond donors (Lipinski definition) is 1. The minimum Gasteiger partial charge on any atom is -0.481 e. The zero-order valence-corrected chi connectivity index (χ0v) is 13.7. The van der Waals surface area contributed by atoms with Gasteiger partial charge in [0, 0.05) is 12.6 Å². The Morgan fingerprint density at radius 3 is 2.61 bits per heavy atom. The van der Waals surface area contributed by atoms with Crippen LogP contribution in [0.5, 0.6) is 0 Å².